The van der Waals surface area contributed by atoms with E-state index >= 15 is 0 Å². The van der Waals surface area contributed by atoms with Crippen LogP contribution in [0.3, 0.4) is 0 Å². The Morgan fingerprint density at radius 2 is 1.77 bits per heavy atom. The maximum absolute atomic E-state index is 13.2. The Kier molecular flexibility index (Phi) is 7.03. The van der Waals surface area contributed by atoms with Gasteiger partial charge in [0.25, 0.3) is 0 Å². The van der Waals surface area contributed by atoms with Crippen molar-refractivity contribution in [1.29, 1.82) is 0 Å². The van der Waals surface area contributed by atoms with Crippen molar-refractivity contribution in [2.24, 2.45) is 0 Å². The van der Waals surface area contributed by atoms with E-state index < -0.39 is 0 Å². The lowest BCUT2D eigenvalue weighted by Crippen LogP contribution is -2.31. The number of nitrogens with one attached hydrogen (secondary N) is 1. The van der Waals surface area contributed by atoms with Crippen LogP contribution in [0.1, 0.15) is 30.0 Å². The van der Waals surface area contributed by atoms with Crippen molar-refractivity contribution in [3.05, 3.63) is 65.7 Å². The Morgan fingerprint density at radius 3 is 2.46 bits per heavy atom. The minimum absolute atomic E-state index is 0.0115. The average Bonchev–Trinajstić information content (AvgIpc) is 3.18. The molecule has 0 spiro atoms. The Labute approximate surface area is 158 Å². The quantitative estimate of drug-likeness (QED) is 0.722. The van der Waals surface area contributed by atoms with Crippen LogP contribution in [0.2, 0.25) is 0 Å². The maximum Gasteiger partial charge on any atom is 0.230 e. The molecule has 0 aliphatic carbocycles. The topological polar surface area (TPSA) is 45.2 Å². The lowest BCUT2D eigenvalue weighted by molar-refractivity contribution is -0.119. The van der Waals surface area contributed by atoms with E-state index in [4.69, 9.17) is 0 Å². The smallest absolute Gasteiger partial charge is 0.230 e. The monoisotopic (exact) mass is 373 g/mol. The van der Waals surface area contributed by atoms with Gasteiger partial charge in [0.05, 0.1) is 11.8 Å². The summed E-state index contributed by atoms with van der Waals surface area (Å²) >= 11 is 1.66. The van der Waals surface area contributed by atoms with Crippen LogP contribution >= 0.6 is 11.8 Å². The van der Waals surface area contributed by atoms with Gasteiger partial charge in [-0.05, 0) is 61.3 Å². The molecule has 1 aliphatic rings. The van der Waals surface area contributed by atoms with E-state index in [2.05, 4.69) is 15.2 Å². The number of likely N-dealkylation sites (tertiary alicyclic amines) is 1. The van der Waals surface area contributed by atoms with Crippen LogP contribution in [-0.4, -0.2) is 46.9 Å². The number of nitrogens with zero attached hydrogens (tertiary/aromatic N) is 2. The lowest BCUT2D eigenvalue weighted by Gasteiger charge is -2.20. The third-order valence-electron chi connectivity index (χ3n) is 4.53. The summed E-state index contributed by atoms with van der Waals surface area (Å²) in [6, 6.07) is 9.69. The van der Waals surface area contributed by atoms with Gasteiger partial charge >= 0.3 is 0 Å². The summed E-state index contributed by atoms with van der Waals surface area (Å²) in [6.07, 6.45) is 5.97. The van der Waals surface area contributed by atoms with Gasteiger partial charge in [-0.25, -0.2) is 4.39 Å². The fraction of sp³-hybridized carbons (Fsp3) is 0.400. The molecule has 4 nitrogen and oxygen atoms in total. The number of thioether (sulfide) groups is 1. The summed E-state index contributed by atoms with van der Waals surface area (Å²) in [4.78, 5) is 18.9. The molecule has 0 unspecified atom stereocenters. The van der Waals surface area contributed by atoms with Gasteiger partial charge in [0.1, 0.15) is 5.82 Å². The van der Waals surface area contributed by atoms with Gasteiger partial charge < -0.3 is 10.2 Å². The third-order valence-corrected chi connectivity index (χ3v) is 5.47. The molecule has 6 heteroatoms. The van der Waals surface area contributed by atoms with Crippen molar-refractivity contribution >= 4 is 17.7 Å². The molecular formula is C20H24FN3OS. The summed E-state index contributed by atoms with van der Waals surface area (Å²) in [7, 11) is 0. The lowest BCUT2D eigenvalue weighted by atomic mass is 9.99. The molecule has 1 aromatic carbocycles. The van der Waals surface area contributed by atoms with Crippen LogP contribution in [0.25, 0.3) is 0 Å². The average molecular weight is 373 g/mol. The molecule has 2 heterocycles. The normalized spacial score (nSPS) is 15.7. The Morgan fingerprint density at radius 1 is 1.12 bits per heavy atom. The van der Waals surface area contributed by atoms with E-state index in [1.807, 2.05) is 12.1 Å². The molecule has 1 N–H and O–H groups in total. The number of hydrogen-bond acceptors (Lipinski definition) is 4. The molecule has 1 saturated heterocycles. The number of benzene rings is 1. The SMILES string of the molecule is O=C(CSCCN1CCCC1)N[C@@H](c1ccncc1)c1ccc(F)cc1. The largest absolute Gasteiger partial charge is 0.344 e. The van der Waals surface area contributed by atoms with Gasteiger partial charge in [-0.1, -0.05) is 12.1 Å². The Balaban J connectivity index is 1.56. The van der Waals surface area contributed by atoms with Crippen LogP contribution in [0.5, 0.6) is 0 Å². The first-order valence-corrected chi connectivity index (χ1v) is 10.1. The molecule has 138 valence electrons. The van der Waals surface area contributed by atoms with E-state index in [0.29, 0.717) is 5.75 Å². The van der Waals surface area contributed by atoms with Crippen molar-refractivity contribution in [2.45, 2.75) is 18.9 Å². The van der Waals surface area contributed by atoms with Crippen LogP contribution in [0.4, 0.5) is 4.39 Å². The molecule has 1 amide bonds. The maximum atomic E-state index is 13.2. The molecule has 0 saturated carbocycles. The molecular weight excluding hydrogens is 349 g/mol. The Bertz CT molecular complexity index is 690. The molecule has 3 rings (SSSR count). The fourth-order valence-electron chi connectivity index (χ4n) is 3.14. The van der Waals surface area contributed by atoms with Gasteiger partial charge in [-0.2, -0.15) is 11.8 Å². The predicted molar refractivity (Wildman–Crippen MR) is 104 cm³/mol. The van der Waals surface area contributed by atoms with E-state index in [-0.39, 0.29) is 17.8 Å². The van der Waals surface area contributed by atoms with E-state index in [1.54, 1.807) is 36.3 Å². The van der Waals surface area contributed by atoms with Gasteiger partial charge in [-0.15, -0.1) is 0 Å². The van der Waals surface area contributed by atoms with Gasteiger partial charge in [0.2, 0.25) is 5.91 Å². The summed E-state index contributed by atoms with van der Waals surface area (Å²) in [5, 5.41) is 3.07. The van der Waals surface area contributed by atoms with Crippen molar-refractivity contribution < 1.29 is 9.18 Å². The number of pyridine rings is 1. The zero-order chi connectivity index (χ0) is 18.2. The molecule has 1 fully saturated rings. The third kappa shape index (κ3) is 5.54. The van der Waals surface area contributed by atoms with Crippen molar-refractivity contribution in [3.63, 3.8) is 0 Å². The van der Waals surface area contributed by atoms with Crippen LogP contribution in [-0.2, 0) is 4.79 Å². The van der Waals surface area contributed by atoms with E-state index in [1.165, 1.54) is 38.1 Å². The highest BCUT2D eigenvalue weighted by molar-refractivity contribution is 7.99. The number of rotatable bonds is 8. The number of halogens is 1. The standard InChI is InChI=1S/C20H24FN3OS/c21-18-5-3-16(4-6-18)20(17-7-9-22-10-8-17)23-19(25)15-26-14-13-24-11-1-2-12-24/h3-10,20H,1-2,11-15H2,(H,23,25)/t20-/m1/s1. The highest BCUT2D eigenvalue weighted by Crippen LogP contribution is 2.22. The van der Waals surface area contributed by atoms with E-state index in [9.17, 15) is 9.18 Å². The van der Waals surface area contributed by atoms with Gasteiger partial charge in [0, 0.05) is 24.7 Å². The second kappa shape index (κ2) is 9.69. The minimum Gasteiger partial charge on any atom is -0.344 e. The molecule has 0 bridgehead atoms. The summed E-state index contributed by atoms with van der Waals surface area (Å²) in [5.74, 6) is 1.09. The number of aromatic nitrogens is 1. The summed E-state index contributed by atoms with van der Waals surface area (Å²) < 4.78 is 13.2. The molecule has 1 atom stereocenters. The fourth-order valence-corrected chi connectivity index (χ4v) is 3.94. The van der Waals surface area contributed by atoms with Gasteiger partial charge in [-0.3, -0.25) is 9.78 Å². The van der Waals surface area contributed by atoms with Crippen LogP contribution < -0.4 is 5.32 Å². The number of amides is 1. The highest BCUT2D eigenvalue weighted by atomic mass is 32.2. The molecule has 26 heavy (non-hydrogen) atoms. The van der Waals surface area contributed by atoms with Crippen molar-refractivity contribution in [3.8, 4) is 0 Å². The van der Waals surface area contributed by atoms with E-state index in [0.717, 1.165) is 23.4 Å². The molecule has 0 radical (unpaired) electrons. The first-order chi connectivity index (χ1) is 12.7. The first-order valence-electron chi connectivity index (χ1n) is 8.97. The zero-order valence-electron chi connectivity index (χ0n) is 14.7. The molecule has 1 aliphatic heterocycles. The van der Waals surface area contributed by atoms with Crippen LogP contribution in [0, 0.1) is 5.82 Å². The van der Waals surface area contributed by atoms with Crippen LogP contribution in [0.15, 0.2) is 48.8 Å². The zero-order valence-corrected chi connectivity index (χ0v) is 15.6. The Hall–Kier alpha value is -1.92. The highest BCUT2D eigenvalue weighted by Gasteiger charge is 2.17. The van der Waals surface area contributed by atoms with Gasteiger partial charge in [0.15, 0.2) is 0 Å². The summed E-state index contributed by atoms with van der Waals surface area (Å²) in [6.45, 7) is 3.41. The molecule has 2 aromatic rings. The number of carbonyl (C=O) groups is 1. The summed E-state index contributed by atoms with van der Waals surface area (Å²) in [5.41, 5.74) is 1.79. The van der Waals surface area contributed by atoms with Crippen molar-refractivity contribution in [1.82, 2.24) is 15.2 Å². The second-order valence-corrected chi connectivity index (χ2v) is 7.54. The number of carbonyl (C=O) groups excluding carboxylic acids is 1. The predicted octanol–water partition coefficient (Wildman–Crippen LogP) is 3.26. The number of hydrogen-bond donors (Lipinski definition) is 1. The first kappa shape index (κ1) is 18.9. The molecule has 1 aromatic heterocycles. The second-order valence-electron chi connectivity index (χ2n) is 6.43. The van der Waals surface area contributed by atoms with Crippen molar-refractivity contribution in [2.75, 3.05) is 31.1 Å². The minimum atomic E-state index is -0.301.